The average Bonchev–Trinajstić information content (AvgIpc) is 2.58. The Labute approximate surface area is 156 Å². The van der Waals surface area contributed by atoms with Crippen LogP contribution in [-0.2, 0) is 11.0 Å². The summed E-state index contributed by atoms with van der Waals surface area (Å²) in [5.41, 5.74) is 4.35. The SMILES string of the molecule is Cl.NC1(C(=O)NCC(O)COc2cccc(C(F)(F)F)c2)CCCCC1. The smallest absolute Gasteiger partial charge is 0.416 e. The van der Waals surface area contributed by atoms with E-state index in [2.05, 4.69) is 5.32 Å². The number of hydrogen-bond donors (Lipinski definition) is 3. The lowest BCUT2D eigenvalue weighted by Crippen LogP contribution is -2.56. The van der Waals surface area contributed by atoms with Crippen molar-refractivity contribution in [1.29, 1.82) is 0 Å². The minimum Gasteiger partial charge on any atom is -0.491 e. The van der Waals surface area contributed by atoms with Gasteiger partial charge >= 0.3 is 6.18 Å². The van der Waals surface area contributed by atoms with Gasteiger partial charge < -0.3 is 20.9 Å². The van der Waals surface area contributed by atoms with Gasteiger partial charge in [-0.2, -0.15) is 13.2 Å². The van der Waals surface area contributed by atoms with Crippen LogP contribution < -0.4 is 15.8 Å². The molecule has 148 valence electrons. The van der Waals surface area contributed by atoms with Crippen molar-refractivity contribution < 1.29 is 27.8 Å². The zero-order valence-corrected chi connectivity index (χ0v) is 15.0. The second kappa shape index (κ2) is 9.43. The zero-order valence-electron chi connectivity index (χ0n) is 14.2. The number of hydrogen-bond acceptors (Lipinski definition) is 4. The minimum atomic E-state index is -4.46. The van der Waals surface area contributed by atoms with E-state index in [1.54, 1.807) is 0 Å². The number of ether oxygens (including phenoxy) is 1. The van der Waals surface area contributed by atoms with Crippen molar-refractivity contribution in [3.8, 4) is 5.75 Å². The van der Waals surface area contributed by atoms with Crippen LogP contribution in [0.25, 0.3) is 0 Å². The topological polar surface area (TPSA) is 84.6 Å². The van der Waals surface area contributed by atoms with Crippen LogP contribution in [0.1, 0.15) is 37.7 Å². The van der Waals surface area contributed by atoms with E-state index >= 15 is 0 Å². The van der Waals surface area contributed by atoms with Crippen molar-refractivity contribution in [3.05, 3.63) is 29.8 Å². The van der Waals surface area contributed by atoms with Crippen LogP contribution >= 0.6 is 12.4 Å². The molecule has 1 aliphatic rings. The van der Waals surface area contributed by atoms with Crippen molar-refractivity contribution in [2.45, 2.75) is 49.9 Å². The molecule has 1 aliphatic carbocycles. The number of carbonyl (C=O) groups is 1. The Bertz CT molecular complexity index is 593. The van der Waals surface area contributed by atoms with Crippen LogP contribution in [0.4, 0.5) is 13.2 Å². The normalized spacial score (nSPS) is 17.7. The summed E-state index contributed by atoms with van der Waals surface area (Å²) < 4.78 is 43.0. The second-order valence-electron chi connectivity index (χ2n) is 6.42. The van der Waals surface area contributed by atoms with Crippen LogP contribution in [0, 0.1) is 0 Å². The molecule has 0 heterocycles. The molecule has 4 N–H and O–H groups in total. The molecule has 0 aliphatic heterocycles. The maximum atomic E-state index is 12.6. The third-order valence-corrected chi connectivity index (χ3v) is 4.30. The highest BCUT2D eigenvalue weighted by molar-refractivity contribution is 5.86. The number of rotatable bonds is 6. The first-order valence-electron chi connectivity index (χ1n) is 8.26. The number of halogens is 4. The monoisotopic (exact) mass is 396 g/mol. The Hall–Kier alpha value is -1.51. The molecule has 26 heavy (non-hydrogen) atoms. The number of aliphatic hydroxyl groups is 1. The Morgan fingerprint density at radius 2 is 1.96 bits per heavy atom. The van der Waals surface area contributed by atoms with E-state index in [4.69, 9.17) is 10.5 Å². The first-order chi connectivity index (χ1) is 11.7. The van der Waals surface area contributed by atoms with Crippen LogP contribution in [0.5, 0.6) is 5.75 Å². The van der Waals surface area contributed by atoms with Gasteiger partial charge in [-0.15, -0.1) is 12.4 Å². The highest BCUT2D eigenvalue weighted by Gasteiger charge is 2.35. The summed E-state index contributed by atoms with van der Waals surface area (Å²) >= 11 is 0. The molecule has 0 aromatic heterocycles. The van der Waals surface area contributed by atoms with E-state index in [9.17, 15) is 23.1 Å². The standard InChI is InChI=1S/C17H23F3N2O3.ClH/c18-17(19,20)12-5-4-6-14(9-12)25-11-13(23)10-22-15(24)16(21)7-2-1-3-8-16;/h4-6,9,13,23H,1-3,7-8,10-11,21H2,(H,22,24);1H. The highest BCUT2D eigenvalue weighted by Crippen LogP contribution is 2.31. The lowest BCUT2D eigenvalue weighted by Gasteiger charge is -2.32. The molecule has 1 amide bonds. The van der Waals surface area contributed by atoms with Gasteiger partial charge in [-0.25, -0.2) is 0 Å². The molecule has 1 atom stereocenters. The fourth-order valence-electron chi connectivity index (χ4n) is 2.81. The molecule has 0 spiro atoms. The molecular weight excluding hydrogens is 373 g/mol. The molecule has 2 rings (SSSR count). The molecule has 0 saturated heterocycles. The Kier molecular flexibility index (Phi) is 8.17. The second-order valence-corrected chi connectivity index (χ2v) is 6.42. The first kappa shape index (κ1) is 22.5. The van der Waals surface area contributed by atoms with Gasteiger partial charge in [0.05, 0.1) is 11.1 Å². The summed E-state index contributed by atoms with van der Waals surface area (Å²) in [5.74, 6) is -0.312. The number of alkyl halides is 3. The van der Waals surface area contributed by atoms with Crippen LogP contribution in [0.3, 0.4) is 0 Å². The molecule has 1 aromatic carbocycles. The Morgan fingerprint density at radius 3 is 2.58 bits per heavy atom. The third-order valence-electron chi connectivity index (χ3n) is 4.30. The molecule has 5 nitrogen and oxygen atoms in total. The van der Waals surface area contributed by atoms with Gasteiger partial charge in [0.25, 0.3) is 0 Å². The van der Waals surface area contributed by atoms with Gasteiger partial charge in [0.1, 0.15) is 18.5 Å². The van der Waals surface area contributed by atoms with Gasteiger partial charge in [0, 0.05) is 6.54 Å². The van der Waals surface area contributed by atoms with E-state index in [-0.39, 0.29) is 37.2 Å². The fraction of sp³-hybridized carbons (Fsp3) is 0.588. The van der Waals surface area contributed by atoms with Crippen molar-refractivity contribution in [3.63, 3.8) is 0 Å². The van der Waals surface area contributed by atoms with Gasteiger partial charge in [-0.3, -0.25) is 4.79 Å². The number of nitrogens with two attached hydrogens (primary N) is 1. The van der Waals surface area contributed by atoms with Crippen molar-refractivity contribution >= 4 is 18.3 Å². The lowest BCUT2D eigenvalue weighted by molar-refractivity contribution is -0.137. The summed E-state index contributed by atoms with van der Waals surface area (Å²) in [6, 6.07) is 4.40. The minimum absolute atomic E-state index is 0. The molecule has 1 fully saturated rings. The summed E-state index contributed by atoms with van der Waals surface area (Å²) in [4.78, 5) is 12.1. The van der Waals surface area contributed by atoms with Crippen molar-refractivity contribution in [2.24, 2.45) is 5.73 Å². The first-order valence-corrected chi connectivity index (χ1v) is 8.26. The average molecular weight is 397 g/mol. The maximum Gasteiger partial charge on any atom is 0.416 e. The van der Waals surface area contributed by atoms with Crippen molar-refractivity contribution in [2.75, 3.05) is 13.2 Å². The summed E-state index contributed by atoms with van der Waals surface area (Å²) in [5, 5.41) is 12.5. The number of benzene rings is 1. The number of nitrogens with one attached hydrogen (secondary N) is 1. The van der Waals surface area contributed by atoms with E-state index < -0.39 is 23.4 Å². The predicted molar refractivity (Wildman–Crippen MR) is 93.2 cm³/mol. The number of carbonyl (C=O) groups excluding carboxylic acids is 1. The van der Waals surface area contributed by atoms with Crippen LogP contribution in [0.2, 0.25) is 0 Å². The van der Waals surface area contributed by atoms with Crippen LogP contribution in [-0.4, -0.2) is 35.8 Å². The predicted octanol–water partition coefficient (Wildman–Crippen LogP) is 2.64. The summed E-state index contributed by atoms with van der Waals surface area (Å²) in [7, 11) is 0. The molecule has 9 heteroatoms. The third kappa shape index (κ3) is 6.34. The van der Waals surface area contributed by atoms with Crippen molar-refractivity contribution in [1.82, 2.24) is 5.32 Å². The van der Waals surface area contributed by atoms with E-state index in [0.29, 0.717) is 12.8 Å². The molecule has 1 saturated carbocycles. The quantitative estimate of drug-likeness (QED) is 0.690. The van der Waals surface area contributed by atoms with E-state index in [1.807, 2.05) is 0 Å². The van der Waals surface area contributed by atoms with E-state index in [0.717, 1.165) is 31.4 Å². The highest BCUT2D eigenvalue weighted by atomic mass is 35.5. The molecular formula is C17H24ClF3N2O3. The largest absolute Gasteiger partial charge is 0.491 e. The molecule has 1 aromatic rings. The van der Waals surface area contributed by atoms with Crippen LogP contribution in [0.15, 0.2) is 24.3 Å². The lowest BCUT2D eigenvalue weighted by atomic mass is 9.82. The number of aliphatic hydroxyl groups excluding tert-OH is 1. The van der Waals surface area contributed by atoms with E-state index in [1.165, 1.54) is 12.1 Å². The van der Waals surface area contributed by atoms with Gasteiger partial charge in [0.2, 0.25) is 5.91 Å². The maximum absolute atomic E-state index is 12.6. The summed E-state index contributed by atoms with van der Waals surface area (Å²) in [6.45, 7) is -0.310. The zero-order chi connectivity index (χ0) is 18.5. The van der Waals surface area contributed by atoms with Gasteiger partial charge in [-0.05, 0) is 31.0 Å². The molecule has 0 bridgehead atoms. The molecule has 0 radical (unpaired) electrons. The van der Waals surface area contributed by atoms with Gasteiger partial charge in [0.15, 0.2) is 0 Å². The molecule has 1 unspecified atom stereocenters. The number of amides is 1. The Balaban J connectivity index is 0.00000338. The van der Waals surface area contributed by atoms with Gasteiger partial charge in [-0.1, -0.05) is 25.3 Å². The summed E-state index contributed by atoms with van der Waals surface area (Å²) in [6.07, 6.45) is -1.45. The Morgan fingerprint density at radius 1 is 1.31 bits per heavy atom. The fourth-order valence-corrected chi connectivity index (χ4v) is 2.81.